The molecule has 0 fully saturated rings. The van der Waals surface area contributed by atoms with Gasteiger partial charge in [0.25, 0.3) is 0 Å². The van der Waals surface area contributed by atoms with Crippen LogP contribution in [0.15, 0.2) is 30.3 Å². The van der Waals surface area contributed by atoms with Crippen molar-refractivity contribution in [1.82, 2.24) is 0 Å². The van der Waals surface area contributed by atoms with Gasteiger partial charge in [0.15, 0.2) is 0 Å². The Kier molecular flexibility index (Phi) is 8.11. The zero-order valence-corrected chi connectivity index (χ0v) is 14.4. The number of carbonyl (C=O) groups excluding carboxylic acids is 1. The Hall–Kier alpha value is -0.750. The van der Waals surface area contributed by atoms with Crippen molar-refractivity contribution in [1.29, 1.82) is 5.26 Å². The van der Waals surface area contributed by atoms with E-state index in [9.17, 15) is 9.59 Å². The fourth-order valence-electron chi connectivity index (χ4n) is 1.22. The van der Waals surface area contributed by atoms with E-state index in [-0.39, 0.29) is 18.0 Å². The van der Waals surface area contributed by atoms with Crippen LogP contribution in [0.5, 0.6) is 0 Å². The first-order valence-electron chi connectivity index (χ1n) is 5.88. The lowest BCUT2D eigenvalue weighted by Gasteiger charge is -2.17. The molecule has 0 bridgehead atoms. The number of nitriles is 1. The number of carboxylic acids is 1. The summed E-state index contributed by atoms with van der Waals surface area (Å²) in [7, 11) is 4.98. The molecule has 1 N–H and O–H groups in total. The third kappa shape index (κ3) is 7.18. The van der Waals surface area contributed by atoms with Crippen LogP contribution < -0.4 is 0 Å². The average Bonchev–Trinajstić information content (AvgIpc) is 2.50. The number of hydrogen-bond acceptors (Lipinski definition) is 7. The van der Waals surface area contributed by atoms with Crippen molar-refractivity contribution < 1.29 is 14.7 Å². The quantitative estimate of drug-likeness (QED) is 0.531. The summed E-state index contributed by atoms with van der Waals surface area (Å²) in [6, 6.07) is 11.1. The van der Waals surface area contributed by atoms with Gasteiger partial charge in [0.05, 0.1) is 6.07 Å². The SMILES string of the molecule is CC(C#N)(CCC(=O)O)SSSSC(=O)c1ccccc1. The summed E-state index contributed by atoms with van der Waals surface area (Å²) < 4.78 is -0.771. The summed E-state index contributed by atoms with van der Waals surface area (Å²) in [6.45, 7) is 1.71. The minimum Gasteiger partial charge on any atom is -0.481 e. The smallest absolute Gasteiger partial charge is 0.303 e. The monoisotopic (exact) mass is 359 g/mol. The van der Waals surface area contributed by atoms with Gasteiger partial charge in [-0.1, -0.05) is 41.1 Å². The molecule has 0 aliphatic carbocycles. The Balaban J connectivity index is 2.34. The number of hydrogen-bond donors (Lipinski definition) is 1. The number of carbonyl (C=O) groups is 2. The minimum absolute atomic E-state index is 0.0433. The third-order valence-electron chi connectivity index (χ3n) is 2.42. The summed E-state index contributed by atoms with van der Waals surface area (Å²) in [5.74, 6) is -0.914. The van der Waals surface area contributed by atoms with Gasteiger partial charge in [-0.05, 0) is 43.8 Å². The standard InChI is InChI=1S/C13H13NO3S4/c1-13(9-14,8-7-11(15)16)19-21-20-18-12(17)10-5-3-2-4-6-10/h2-6H,7-8H2,1H3,(H,15,16). The van der Waals surface area contributed by atoms with E-state index >= 15 is 0 Å². The van der Waals surface area contributed by atoms with Crippen LogP contribution >= 0.6 is 41.2 Å². The molecule has 1 aromatic rings. The van der Waals surface area contributed by atoms with Crippen molar-refractivity contribution in [2.24, 2.45) is 0 Å². The van der Waals surface area contributed by atoms with Crippen LogP contribution in [0.25, 0.3) is 0 Å². The Morgan fingerprint density at radius 2 is 1.95 bits per heavy atom. The second kappa shape index (κ2) is 9.30. The molecule has 8 heteroatoms. The lowest BCUT2D eigenvalue weighted by Crippen LogP contribution is -2.17. The maximum atomic E-state index is 11.8. The van der Waals surface area contributed by atoms with Crippen molar-refractivity contribution >= 4 is 52.3 Å². The number of nitrogens with zero attached hydrogens (tertiary/aromatic N) is 1. The number of benzene rings is 1. The molecule has 1 rings (SSSR count). The van der Waals surface area contributed by atoms with Gasteiger partial charge in [-0.3, -0.25) is 9.59 Å². The molecule has 21 heavy (non-hydrogen) atoms. The molecule has 1 atom stereocenters. The largest absolute Gasteiger partial charge is 0.481 e. The first-order chi connectivity index (χ1) is 9.97. The van der Waals surface area contributed by atoms with Gasteiger partial charge in [0.2, 0.25) is 5.12 Å². The molecule has 0 radical (unpaired) electrons. The van der Waals surface area contributed by atoms with E-state index in [1.54, 1.807) is 31.2 Å². The molecular formula is C13H13NO3S4. The zero-order valence-electron chi connectivity index (χ0n) is 11.1. The van der Waals surface area contributed by atoms with Gasteiger partial charge in [0, 0.05) is 12.0 Å². The maximum Gasteiger partial charge on any atom is 0.303 e. The Bertz CT molecular complexity index is 532. The Morgan fingerprint density at radius 1 is 1.29 bits per heavy atom. The van der Waals surface area contributed by atoms with E-state index in [4.69, 9.17) is 10.4 Å². The van der Waals surface area contributed by atoms with Crippen LogP contribution in [0.4, 0.5) is 0 Å². The summed E-state index contributed by atoms with van der Waals surface area (Å²) in [6.07, 6.45) is 0.229. The van der Waals surface area contributed by atoms with Crippen LogP contribution in [0.1, 0.15) is 30.1 Å². The topological polar surface area (TPSA) is 78.2 Å². The fourth-order valence-corrected chi connectivity index (χ4v) is 7.30. The van der Waals surface area contributed by atoms with Crippen molar-refractivity contribution in [3.05, 3.63) is 35.9 Å². The van der Waals surface area contributed by atoms with Crippen LogP contribution in [0.3, 0.4) is 0 Å². The number of rotatable bonds is 8. The molecule has 0 heterocycles. The van der Waals surface area contributed by atoms with Crippen LogP contribution in [-0.4, -0.2) is 20.9 Å². The molecule has 112 valence electrons. The predicted octanol–water partition coefficient (Wildman–Crippen LogP) is 4.65. The third-order valence-corrected chi connectivity index (χ3v) is 9.02. The number of carboxylic acid groups (broad SMARTS) is 1. The average molecular weight is 360 g/mol. The summed E-state index contributed by atoms with van der Waals surface area (Å²) in [4.78, 5) is 22.4. The van der Waals surface area contributed by atoms with Gasteiger partial charge in [0.1, 0.15) is 4.75 Å². The molecule has 0 aliphatic heterocycles. The normalized spacial score (nSPS) is 13.1. The van der Waals surface area contributed by atoms with Crippen molar-refractivity contribution in [2.75, 3.05) is 0 Å². The second-order valence-corrected chi connectivity index (χ2v) is 10.3. The summed E-state index contributed by atoms with van der Waals surface area (Å²) in [5, 5.41) is 17.7. The molecule has 0 saturated heterocycles. The van der Waals surface area contributed by atoms with Gasteiger partial charge in [-0.25, -0.2) is 0 Å². The van der Waals surface area contributed by atoms with Crippen molar-refractivity contribution in [3.63, 3.8) is 0 Å². The zero-order chi connectivity index (χ0) is 15.7. The van der Waals surface area contributed by atoms with E-state index in [2.05, 4.69) is 6.07 Å². The van der Waals surface area contributed by atoms with E-state index in [1.807, 2.05) is 6.07 Å². The first-order valence-corrected chi connectivity index (χ1v) is 10.7. The lowest BCUT2D eigenvalue weighted by molar-refractivity contribution is -0.137. The molecule has 0 saturated carbocycles. The molecule has 0 spiro atoms. The van der Waals surface area contributed by atoms with Gasteiger partial charge in [-0.2, -0.15) is 5.26 Å². The molecular weight excluding hydrogens is 346 g/mol. The predicted molar refractivity (Wildman–Crippen MR) is 92.0 cm³/mol. The van der Waals surface area contributed by atoms with E-state index < -0.39 is 10.7 Å². The van der Waals surface area contributed by atoms with Gasteiger partial charge < -0.3 is 5.11 Å². The molecule has 1 aromatic carbocycles. The number of aliphatic carboxylic acids is 1. The van der Waals surface area contributed by atoms with E-state index in [1.165, 1.54) is 30.4 Å². The fraction of sp³-hybridized carbons (Fsp3) is 0.308. The molecule has 1 unspecified atom stereocenters. The van der Waals surface area contributed by atoms with Crippen molar-refractivity contribution in [2.45, 2.75) is 24.5 Å². The highest BCUT2D eigenvalue weighted by atomic mass is 33.7. The Morgan fingerprint density at radius 3 is 2.52 bits per heavy atom. The highest BCUT2D eigenvalue weighted by Crippen LogP contribution is 2.50. The maximum absolute atomic E-state index is 11.8. The van der Waals surface area contributed by atoms with E-state index in [0.29, 0.717) is 5.56 Å². The second-order valence-electron chi connectivity index (χ2n) is 4.19. The highest BCUT2D eigenvalue weighted by molar-refractivity contribution is 9.27. The Labute approximate surface area is 138 Å². The lowest BCUT2D eigenvalue weighted by atomic mass is 10.1. The van der Waals surface area contributed by atoms with Gasteiger partial charge in [-0.15, -0.1) is 0 Å². The highest BCUT2D eigenvalue weighted by Gasteiger charge is 2.26. The molecule has 0 aliphatic rings. The van der Waals surface area contributed by atoms with Crippen LogP contribution in [-0.2, 0) is 4.79 Å². The summed E-state index contributed by atoms with van der Waals surface area (Å²) in [5.41, 5.74) is 0.634. The molecule has 0 amide bonds. The minimum atomic E-state index is -0.914. The molecule has 0 aromatic heterocycles. The summed E-state index contributed by atoms with van der Waals surface area (Å²) >= 11 is 0. The van der Waals surface area contributed by atoms with Crippen LogP contribution in [0.2, 0.25) is 0 Å². The first kappa shape index (κ1) is 18.3. The van der Waals surface area contributed by atoms with Crippen molar-refractivity contribution in [3.8, 4) is 6.07 Å². The van der Waals surface area contributed by atoms with Crippen LogP contribution in [0, 0.1) is 11.3 Å². The van der Waals surface area contributed by atoms with E-state index in [0.717, 1.165) is 10.8 Å². The van der Waals surface area contributed by atoms with Gasteiger partial charge >= 0.3 is 5.97 Å². The molecule has 4 nitrogen and oxygen atoms in total.